The molecule has 58 heavy (non-hydrogen) atoms. The number of rotatable bonds is 6. The van der Waals surface area contributed by atoms with Crippen LogP contribution >= 0.6 is 0 Å². The Labute approximate surface area is 336 Å². The van der Waals surface area contributed by atoms with Crippen LogP contribution in [0.5, 0.6) is 0 Å². The molecule has 0 fully saturated rings. The Hall–Kier alpha value is -7.75. The summed E-state index contributed by atoms with van der Waals surface area (Å²) in [5.41, 5.74) is 9.62. The maximum absolute atomic E-state index is 5.17. The van der Waals surface area contributed by atoms with Crippen molar-refractivity contribution in [1.29, 1.82) is 0 Å². The van der Waals surface area contributed by atoms with E-state index in [0.717, 1.165) is 38.9 Å². The maximum atomic E-state index is 5.17. The quantitative estimate of drug-likeness (QED) is 0.160. The highest BCUT2D eigenvalue weighted by molar-refractivity contribution is 6.33. The van der Waals surface area contributed by atoms with Gasteiger partial charge in [0.15, 0.2) is 17.5 Å². The minimum Gasteiger partial charge on any atom is -0.208 e. The summed E-state index contributed by atoms with van der Waals surface area (Å²) in [7, 11) is 0. The predicted molar refractivity (Wildman–Crippen MR) is 242 cm³/mol. The first-order valence-corrected chi connectivity index (χ1v) is 19.7. The van der Waals surface area contributed by atoms with Gasteiger partial charge in [0.2, 0.25) is 0 Å². The van der Waals surface area contributed by atoms with E-state index in [9.17, 15) is 0 Å². The van der Waals surface area contributed by atoms with Crippen LogP contribution in [0.3, 0.4) is 0 Å². The van der Waals surface area contributed by atoms with Gasteiger partial charge in [0.25, 0.3) is 0 Å². The zero-order valence-electron chi connectivity index (χ0n) is 31.5. The van der Waals surface area contributed by atoms with E-state index in [4.69, 9.17) is 15.0 Å². The predicted octanol–water partition coefficient (Wildman–Crippen LogP) is 14.5. The van der Waals surface area contributed by atoms with Crippen LogP contribution in [0.15, 0.2) is 212 Å². The van der Waals surface area contributed by atoms with Crippen LogP contribution in [0.2, 0.25) is 0 Å². The first-order valence-electron chi connectivity index (χ1n) is 19.7. The fraction of sp³-hybridized carbons (Fsp3) is 0. The normalized spacial score (nSPS) is 11.4. The Bertz CT molecular complexity index is 3340. The zero-order valence-corrected chi connectivity index (χ0v) is 31.5. The van der Waals surface area contributed by atoms with E-state index in [0.29, 0.717) is 17.5 Å². The minimum absolute atomic E-state index is 0.629. The van der Waals surface area contributed by atoms with Gasteiger partial charge in [-0.1, -0.05) is 194 Å². The van der Waals surface area contributed by atoms with Gasteiger partial charge >= 0.3 is 0 Å². The lowest BCUT2D eigenvalue weighted by Gasteiger charge is -2.16. The van der Waals surface area contributed by atoms with E-state index >= 15 is 0 Å². The topological polar surface area (TPSA) is 38.7 Å². The van der Waals surface area contributed by atoms with Crippen molar-refractivity contribution in [2.75, 3.05) is 0 Å². The van der Waals surface area contributed by atoms with Crippen LogP contribution < -0.4 is 0 Å². The number of benzene rings is 10. The summed E-state index contributed by atoms with van der Waals surface area (Å²) in [6.45, 7) is 0. The molecular weight excluding hydrogens is 703 g/mol. The van der Waals surface area contributed by atoms with E-state index in [-0.39, 0.29) is 0 Å². The van der Waals surface area contributed by atoms with Crippen molar-refractivity contribution in [2.24, 2.45) is 0 Å². The number of nitrogens with zero attached hydrogens (tertiary/aromatic N) is 3. The average molecular weight is 738 g/mol. The van der Waals surface area contributed by atoms with Gasteiger partial charge in [0, 0.05) is 16.7 Å². The molecule has 0 spiro atoms. The van der Waals surface area contributed by atoms with Crippen molar-refractivity contribution in [3.63, 3.8) is 0 Å². The highest BCUT2D eigenvalue weighted by atomic mass is 15.0. The van der Waals surface area contributed by atoms with E-state index in [2.05, 4.69) is 182 Å². The molecule has 0 amide bonds. The lowest BCUT2D eigenvalue weighted by molar-refractivity contribution is 1.07. The van der Waals surface area contributed by atoms with Crippen LogP contribution in [0.25, 0.3) is 111 Å². The van der Waals surface area contributed by atoms with Gasteiger partial charge in [0.05, 0.1) is 0 Å². The van der Waals surface area contributed by atoms with Crippen molar-refractivity contribution in [3.8, 4) is 67.5 Å². The summed E-state index contributed by atoms with van der Waals surface area (Å²) in [4.78, 5) is 15.3. The van der Waals surface area contributed by atoms with E-state index in [1.807, 2.05) is 30.3 Å². The summed E-state index contributed by atoms with van der Waals surface area (Å²) in [6.07, 6.45) is 0. The van der Waals surface area contributed by atoms with Gasteiger partial charge in [-0.05, 0) is 94.7 Å². The molecule has 0 aliphatic carbocycles. The third kappa shape index (κ3) is 5.80. The molecule has 270 valence electrons. The van der Waals surface area contributed by atoms with E-state index < -0.39 is 0 Å². The first-order chi connectivity index (χ1) is 28.8. The van der Waals surface area contributed by atoms with Crippen LogP contribution in [0, 0.1) is 0 Å². The van der Waals surface area contributed by atoms with Gasteiger partial charge in [-0.15, -0.1) is 0 Å². The second-order valence-electron chi connectivity index (χ2n) is 14.7. The molecule has 0 N–H and O–H groups in total. The monoisotopic (exact) mass is 737 g/mol. The molecule has 0 atom stereocenters. The molecule has 0 aliphatic heterocycles. The van der Waals surface area contributed by atoms with Crippen molar-refractivity contribution in [2.45, 2.75) is 0 Å². The summed E-state index contributed by atoms with van der Waals surface area (Å²) in [5.74, 6) is 1.91. The molecule has 3 nitrogen and oxygen atoms in total. The standard InChI is InChI=1S/C55H35N3/c1-3-17-36(18-4-1)42-25-7-14-32-49(42)55-57-53(37-19-5-2-6-20-37)56-54(58-55)41-24-16-22-39(34-41)38-21-15-23-40(33-38)50-35-51-45-28-9-8-26-43(45)44-27-10-12-30-47(44)52(51)48-31-13-11-29-46(48)50/h1-35H. The molecule has 11 rings (SSSR count). The average Bonchev–Trinajstić information content (AvgIpc) is 3.31. The second kappa shape index (κ2) is 14.1. The van der Waals surface area contributed by atoms with Crippen LogP contribution in [-0.2, 0) is 0 Å². The fourth-order valence-corrected chi connectivity index (χ4v) is 8.60. The van der Waals surface area contributed by atoms with Gasteiger partial charge in [-0.3, -0.25) is 0 Å². The molecule has 1 aromatic heterocycles. The molecule has 0 radical (unpaired) electrons. The third-order valence-electron chi connectivity index (χ3n) is 11.3. The Morgan fingerprint density at radius 3 is 1.29 bits per heavy atom. The SMILES string of the molecule is c1ccc(-c2nc(-c3cccc(-c4cccc(-c5cc6c7ccccc7c7ccccc7c6c6ccccc56)c4)c3)nc(-c3ccccc3-c3ccccc3)n2)cc1. The molecule has 1 heterocycles. The second-order valence-corrected chi connectivity index (χ2v) is 14.7. The van der Waals surface area contributed by atoms with Gasteiger partial charge in [-0.2, -0.15) is 0 Å². The Balaban J connectivity index is 1.06. The van der Waals surface area contributed by atoms with E-state index in [1.165, 1.54) is 54.2 Å². The van der Waals surface area contributed by atoms with Gasteiger partial charge in [-0.25, -0.2) is 15.0 Å². The van der Waals surface area contributed by atoms with Crippen LogP contribution in [-0.4, -0.2) is 15.0 Å². The molecule has 0 unspecified atom stereocenters. The van der Waals surface area contributed by atoms with Crippen molar-refractivity contribution in [3.05, 3.63) is 212 Å². The summed E-state index contributed by atoms with van der Waals surface area (Å²) in [5, 5.41) is 10.2. The molecule has 0 saturated carbocycles. The molecule has 10 aromatic carbocycles. The molecule has 0 bridgehead atoms. The van der Waals surface area contributed by atoms with Crippen molar-refractivity contribution >= 4 is 43.1 Å². The van der Waals surface area contributed by atoms with Crippen LogP contribution in [0.1, 0.15) is 0 Å². The first kappa shape index (κ1) is 33.6. The highest BCUT2D eigenvalue weighted by Gasteiger charge is 2.18. The van der Waals surface area contributed by atoms with E-state index in [1.54, 1.807) is 0 Å². The largest absolute Gasteiger partial charge is 0.208 e. The number of hydrogen-bond acceptors (Lipinski definition) is 3. The highest BCUT2D eigenvalue weighted by Crippen LogP contribution is 2.43. The van der Waals surface area contributed by atoms with Gasteiger partial charge in [0.1, 0.15) is 0 Å². The van der Waals surface area contributed by atoms with Gasteiger partial charge < -0.3 is 0 Å². The number of fused-ring (bicyclic) bond motifs is 8. The minimum atomic E-state index is 0.629. The fourth-order valence-electron chi connectivity index (χ4n) is 8.60. The lowest BCUT2D eigenvalue weighted by atomic mass is 9.87. The molecule has 3 heteroatoms. The number of hydrogen-bond donors (Lipinski definition) is 0. The summed E-state index contributed by atoms with van der Waals surface area (Å²) in [6, 6.07) is 75.3. The molecule has 0 saturated heterocycles. The molecule has 11 aromatic rings. The Morgan fingerprint density at radius 2 is 0.621 bits per heavy atom. The smallest absolute Gasteiger partial charge is 0.164 e. The summed E-state index contributed by atoms with van der Waals surface area (Å²) < 4.78 is 0. The van der Waals surface area contributed by atoms with Crippen molar-refractivity contribution < 1.29 is 0 Å². The maximum Gasteiger partial charge on any atom is 0.164 e. The lowest BCUT2D eigenvalue weighted by Crippen LogP contribution is -2.01. The molecular formula is C55H35N3. The Morgan fingerprint density at radius 1 is 0.207 bits per heavy atom. The zero-order chi connectivity index (χ0) is 38.4. The Kier molecular flexibility index (Phi) is 8.15. The number of aromatic nitrogens is 3. The molecule has 0 aliphatic rings. The summed E-state index contributed by atoms with van der Waals surface area (Å²) >= 11 is 0. The van der Waals surface area contributed by atoms with Crippen molar-refractivity contribution in [1.82, 2.24) is 15.0 Å². The third-order valence-corrected chi connectivity index (χ3v) is 11.3. The van der Waals surface area contributed by atoms with Crippen LogP contribution in [0.4, 0.5) is 0 Å².